The van der Waals surface area contributed by atoms with Crippen LogP contribution in [0.25, 0.3) is 11.1 Å². The predicted octanol–water partition coefficient (Wildman–Crippen LogP) is 1.34. The van der Waals surface area contributed by atoms with E-state index in [2.05, 4.69) is 21.2 Å². The highest BCUT2D eigenvalue weighted by atomic mass is 79.9. The van der Waals surface area contributed by atoms with Crippen LogP contribution in [-0.4, -0.2) is 85.4 Å². The van der Waals surface area contributed by atoms with Gasteiger partial charge in [0.2, 0.25) is 17.7 Å². The molecule has 1 saturated heterocycles. The van der Waals surface area contributed by atoms with Gasteiger partial charge in [-0.15, -0.1) is 0 Å². The van der Waals surface area contributed by atoms with Gasteiger partial charge in [0, 0.05) is 23.8 Å². The number of rotatable bonds is 9. The number of aliphatic hydroxyl groups is 4. The first kappa shape index (κ1) is 28.6. The number of hydrogen-bond acceptors (Lipinski definition) is 7. The van der Waals surface area contributed by atoms with E-state index in [1.54, 1.807) is 0 Å². The lowest BCUT2D eigenvalue weighted by molar-refractivity contribution is -0.143. The maximum Gasteiger partial charge on any atom is 0.247 e. The van der Waals surface area contributed by atoms with E-state index < -0.39 is 70.3 Å². The Hall–Kier alpha value is -2.89. The molecule has 0 spiro atoms. The molecule has 1 heterocycles. The molecular formula is C30H33BrN2O7. The van der Waals surface area contributed by atoms with Crippen LogP contribution < -0.4 is 5.32 Å². The number of likely N-dealkylation sites (tertiary alicyclic amines) is 1. The number of carbonyl (C=O) groups is 3. The topological polar surface area (TPSA) is 147 Å². The Morgan fingerprint density at radius 1 is 0.925 bits per heavy atom. The third kappa shape index (κ3) is 3.56. The molecule has 0 radical (unpaired) electrons. The van der Waals surface area contributed by atoms with Gasteiger partial charge in [0.05, 0.1) is 31.8 Å². The summed E-state index contributed by atoms with van der Waals surface area (Å²) in [5, 5.41) is 43.0. The first-order valence-electron chi connectivity index (χ1n) is 13.2. The second-order valence-corrected chi connectivity index (χ2v) is 12.6. The van der Waals surface area contributed by atoms with Crippen LogP contribution in [0.2, 0.25) is 0 Å². The zero-order chi connectivity index (χ0) is 29.1. The number of nitrogens with one attached hydrogen (secondary N) is 1. The SMILES string of the molecule is CC12C(c3ccccc3)=C(c3ccccc3)C(C)(C1O)C1(Br)C(=O)N(CCC(=O)NC(CO)(CO)CO)C(=O)C21. The summed E-state index contributed by atoms with van der Waals surface area (Å²) < 4.78 is -1.46. The molecule has 5 unspecified atom stereocenters. The molecule has 10 heteroatoms. The van der Waals surface area contributed by atoms with Gasteiger partial charge in [-0.1, -0.05) is 90.4 Å². The first-order chi connectivity index (χ1) is 19.0. The Bertz CT molecular complexity index is 1370. The molecule has 0 aromatic heterocycles. The van der Waals surface area contributed by atoms with E-state index in [-0.39, 0.29) is 13.0 Å². The van der Waals surface area contributed by atoms with Crippen molar-refractivity contribution in [3.8, 4) is 0 Å². The van der Waals surface area contributed by atoms with Crippen LogP contribution in [-0.2, 0) is 14.4 Å². The lowest BCUT2D eigenvalue weighted by Gasteiger charge is -2.42. The molecule has 3 aliphatic rings. The average Bonchev–Trinajstić information content (AvgIpc) is 3.35. The van der Waals surface area contributed by atoms with Crippen molar-refractivity contribution in [2.45, 2.75) is 36.2 Å². The van der Waals surface area contributed by atoms with Gasteiger partial charge in [-0.2, -0.15) is 0 Å². The summed E-state index contributed by atoms with van der Waals surface area (Å²) in [5.41, 5.74) is -0.637. The van der Waals surface area contributed by atoms with Gasteiger partial charge in [-0.25, -0.2) is 0 Å². The minimum atomic E-state index is -1.62. The highest BCUT2D eigenvalue weighted by Gasteiger charge is 2.85. The third-order valence-corrected chi connectivity index (χ3v) is 10.9. The number of amides is 3. The first-order valence-corrected chi connectivity index (χ1v) is 14.0. The summed E-state index contributed by atoms with van der Waals surface area (Å²) in [5.74, 6) is -2.60. The zero-order valence-corrected chi connectivity index (χ0v) is 23.9. The van der Waals surface area contributed by atoms with Crippen molar-refractivity contribution >= 4 is 44.8 Å². The molecule has 40 heavy (non-hydrogen) atoms. The van der Waals surface area contributed by atoms with E-state index in [0.29, 0.717) is 0 Å². The summed E-state index contributed by atoms with van der Waals surface area (Å²) in [6.07, 6.45) is -1.36. The fourth-order valence-corrected chi connectivity index (χ4v) is 8.48. The van der Waals surface area contributed by atoms with Crippen LogP contribution in [0.1, 0.15) is 31.4 Å². The second-order valence-electron chi connectivity index (χ2n) is 11.4. The van der Waals surface area contributed by atoms with Crippen LogP contribution in [0.15, 0.2) is 60.7 Å². The van der Waals surface area contributed by atoms with Crippen molar-refractivity contribution < 1.29 is 34.8 Å². The number of aliphatic hydroxyl groups excluding tert-OH is 4. The highest BCUT2D eigenvalue weighted by molar-refractivity contribution is 9.10. The summed E-state index contributed by atoms with van der Waals surface area (Å²) in [6, 6.07) is 19.1. The Balaban J connectivity index is 1.57. The Morgan fingerprint density at radius 3 is 1.93 bits per heavy atom. The maximum atomic E-state index is 14.2. The second kappa shape index (κ2) is 9.88. The molecule has 2 aromatic carbocycles. The Labute approximate surface area is 240 Å². The Kier molecular flexibility index (Phi) is 7.07. The van der Waals surface area contributed by atoms with Crippen molar-refractivity contribution in [3.05, 3.63) is 71.8 Å². The van der Waals surface area contributed by atoms with Crippen LogP contribution in [0, 0.1) is 16.7 Å². The number of alkyl halides is 1. The molecule has 2 fully saturated rings. The van der Waals surface area contributed by atoms with Gasteiger partial charge in [-0.3, -0.25) is 19.3 Å². The van der Waals surface area contributed by atoms with E-state index in [4.69, 9.17) is 0 Å². The minimum absolute atomic E-state index is 0.241. The number of halogens is 1. The monoisotopic (exact) mass is 612 g/mol. The fraction of sp³-hybridized carbons (Fsp3) is 0.433. The van der Waals surface area contributed by atoms with E-state index in [0.717, 1.165) is 27.2 Å². The van der Waals surface area contributed by atoms with E-state index >= 15 is 0 Å². The van der Waals surface area contributed by atoms with Crippen molar-refractivity contribution in [1.82, 2.24) is 10.2 Å². The predicted molar refractivity (Wildman–Crippen MR) is 151 cm³/mol. The number of carbonyl (C=O) groups excluding carboxylic acids is 3. The van der Waals surface area contributed by atoms with E-state index in [1.807, 2.05) is 74.5 Å². The molecule has 2 aliphatic carbocycles. The van der Waals surface area contributed by atoms with Gasteiger partial charge in [-0.05, 0) is 22.3 Å². The van der Waals surface area contributed by atoms with Gasteiger partial charge in [0.25, 0.3) is 0 Å². The fourth-order valence-electron chi connectivity index (χ4n) is 7.18. The van der Waals surface area contributed by atoms with Crippen LogP contribution in [0.4, 0.5) is 0 Å². The summed E-state index contributed by atoms with van der Waals surface area (Å²) in [6.45, 7) is 1.35. The smallest absolute Gasteiger partial charge is 0.247 e. The number of hydrogen-bond donors (Lipinski definition) is 5. The third-order valence-electron chi connectivity index (χ3n) is 9.25. The lowest BCUT2D eigenvalue weighted by Crippen LogP contribution is -2.57. The number of nitrogens with zero attached hydrogens (tertiary/aromatic N) is 1. The molecule has 5 atom stereocenters. The number of imide groups is 1. The van der Waals surface area contributed by atoms with Crippen molar-refractivity contribution in [3.63, 3.8) is 0 Å². The number of benzene rings is 2. The van der Waals surface area contributed by atoms with Gasteiger partial charge < -0.3 is 25.7 Å². The normalized spacial score (nSPS) is 31.2. The van der Waals surface area contributed by atoms with Crippen molar-refractivity contribution in [1.29, 1.82) is 0 Å². The molecule has 212 valence electrons. The highest BCUT2D eigenvalue weighted by Crippen LogP contribution is 2.79. The van der Waals surface area contributed by atoms with Crippen LogP contribution in [0.5, 0.6) is 0 Å². The van der Waals surface area contributed by atoms with Crippen LogP contribution in [0.3, 0.4) is 0 Å². The maximum absolute atomic E-state index is 14.2. The van der Waals surface area contributed by atoms with E-state index in [1.165, 1.54) is 0 Å². The Morgan fingerprint density at radius 2 is 1.43 bits per heavy atom. The molecule has 5 rings (SSSR count). The molecule has 3 amide bonds. The van der Waals surface area contributed by atoms with Crippen molar-refractivity contribution in [2.24, 2.45) is 16.7 Å². The zero-order valence-electron chi connectivity index (χ0n) is 22.3. The standard InChI is InChI=1S/C30H33BrN2O7/c1-27-21(18-9-5-3-6-10-18)22(19-11-7-4-8-12-19)28(2,25(27)39)30(31)23(27)24(38)33(26(30)40)14-13-20(37)32-29(15-34,16-35)17-36/h3-12,23,25,34-36,39H,13-17H2,1-2H3,(H,32,37). The van der Waals surface area contributed by atoms with Gasteiger partial charge in [0.15, 0.2) is 0 Å². The van der Waals surface area contributed by atoms with E-state index in [9.17, 15) is 34.8 Å². The van der Waals surface area contributed by atoms with Crippen molar-refractivity contribution in [2.75, 3.05) is 26.4 Å². The molecule has 1 aliphatic heterocycles. The summed E-state index contributed by atoms with van der Waals surface area (Å²) in [7, 11) is 0. The molecular weight excluding hydrogens is 580 g/mol. The molecule has 2 bridgehead atoms. The molecule has 1 saturated carbocycles. The molecule has 9 nitrogen and oxygen atoms in total. The van der Waals surface area contributed by atoms with Gasteiger partial charge >= 0.3 is 0 Å². The minimum Gasteiger partial charge on any atom is -0.394 e. The van der Waals surface area contributed by atoms with Crippen LogP contribution >= 0.6 is 15.9 Å². The largest absolute Gasteiger partial charge is 0.394 e. The average molecular weight is 614 g/mol. The number of fused-ring (bicyclic) bond motifs is 5. The summed E-state index contributed by atoms with van der Waals surface area (Å²) >= 11 is 3.73. The molecule has 5 N–H and O–H groups in total. The lowest BCUT2D eigenvalue weighted by atomic mass is 9.63. The summed E-state index contributed by atoms with van der Waals surface area (Å²) in [4.78, 5) is 42.0. The molecule has 2 aromatic rings. The quantitative estimate of drug-likeness (QED) is 0.212. The van der Waals surface area contributed by atoms with Gasteiger partial charge in [0.1, 0.15) is 9.86 Å².